The Balaban J connectivity index is 2.34. The molecule has 2 aromatic rings. The number of nitrogens with two attached hydrogens (primary N) is 1. The van der Waals surface area contributed by atoms with Gasteiger partial charge in [0, 0.05) is 12.3 Å². The number of nitrogens with zero attached hydrogens (tertiary/aromatic N) is 1. The molecule has 0 unspecified atom stereocenters. The summed E-state index contributed by atoms with van der Waals surface area (Å²) in [5.74, 6) is 0.152. The van der Waals surface area contributed by atoms with Crippen molar-refractivity contribution >= 4 is 5.69 Å². The van der Waals surface area contributed by atoms with Gasteiger partial charge in [0.2, 0.25) is 0 Å². The van der Waals surface area contributed by atoms with E-state index in [9.17, 15) is 4.39 Å². The van der Waals surface area contributed by atoms with Gasteiger partial charge in [-0.05, 0) is 24.6 Å². The molecule has 0 saturated carbocycles. The molecule has 0 saturated heterocycles. The van der Waals surface area contributed by atoms with Crippen LogP contribution in [0.1, 0.15) is 5.56 Å². The zero-order chi connectivity index (χ0) is 11.5. The number of anilines is 1. The lowest BCUT2D eigenvalue weighted by Gasteiger charge is -2.08. The molecule has 0 amide bonds. The van der Waals surface area contributed by atoms with E-state index < -0.39 is 5.82 Å². The molecule has 16 heavy (non-hydrogen) atoms. The number of benzene rings is 1. The van der Waals surface area contributed by atoms with Crippen molar-refractivity contribution in [1.82, 2.24) is 4.98 Å². The van der Waals surface area contributed by atoms with E-state index in [2.05, 4.69) is 4.98 Å². The van der Waals surface area contributed by atoms with Crippen molar-refractivity contribution in [3.63, 3.8) is 0 Å². The van der Waals surface area contributed by atoms with Gasteiger partial charge >= 0.3 is 0 Å². The van der Waals surface area contributed by atoms with E-state index in [1.165, 1.54) is 12.3 Å². The Kier molecular flexibility index (Phi) is 2.72. The molecular formula is C12H11FN2O. The van der Waals surface area contributed by atoms with Crippen LogP contribution in [0, 0.1) is 12.7 Å². The number of aryl methyl sites for hydroxylation is 1. The van der Waals surface area contributed by atoms with E-state index in [-0.39, 0.29) is 5.75 Å². The zero-order valence-electron chi connectivity index (χ0n) is 8.77. The minimum atomic E-state index is -0.415. The highest BCUT2D eigenvalue weighted by molar-refractivity contribution is 5.51. The molecule has 0 aliphatic heterocycles. The van der Waals surface area contributed by atoms with Crippen molar-refractivity contribution in [2.24, 2.45) is 0 Å². The molecule has 2 rings (SSSR count). The molecule has 4 heteroatoms. The molecule has 0 spiro atoms. The number of rotatable bonds is 2. The van der Waals surface area contributed by atoms with Gasteiger partial charge in [-0.3, -0.25) is 4.98 Å². The first-order valence-corrected chi connectivity index (χ1v) is 4.80. The minimum Gasteiger partial charge on any atom is -0.452 e. The van der Waals surface area contributed by atoms with Crippen LogP contribution in [0.15, 0.2) is 36.7 Å². The van der Waals surface area contributed by atoms with Crippen LogP contribution in [-0.4, -0.2) is 4.98 Å². The fourth-order valence-corrected chi connectivity index (χ4v) is 1.29. The molecular weight excluding hydrogens is 207 g/mol. The van der Waals surface area contributed by atoms with Crippen molar-refractivity contribution in [3.8, 4) is 11.5 Å². The van der Waals surface area contributed by atoms with Crippen LogP contribution in [-0.2, 0) is 0 Å². The van der Waals surface area contributed by atoms with Crippen molar-refractivity contribution in [2.45, 2.75) is 6.92 Å². The third-order valence-electron chi connectivity index (χ3n) is 2.12. The number of hydrogen-bond acceptors (Lipinski definition) is 3. The molecule has 0 radical (unpaired) electrons. The first kappa shape index (κ1) is 10.4. The van der Waals surface area contributed by atoms with Gasteiger partial charge in [-0.2, -0.15) is 0 Å². The lowest BCUT2D eigenvalue weighted by atomic mass is 10.2. The van der Waals surface area contributed by atoms with Crippen molar-refractivity contribution in [3.05, 3.63) is 48.0 Å². The van der Waals surface area contributed by atoms with E-state index >= 15 is 0 Å². The lowest BCUT2D eigenvalue weighted by molar-refractivity contribution is 0.443. The third kappa shape index (κ3) is 2.11. The zero-order valence-corrected chi connectivity index (χ0v) is 8.77. The predicted octanol–water partition coefficient (Wildman–Crippen LogP) is 2.90. The van der Waals surface area contributed by atoms with Crippen LogP contribution in [0.5, 0.6) is 11.5 Å². The second-order valence-corrected chi connectivity index (χ2v) is 3.45. The number of ether oxygens (including phenoxy) is 1. The van der Waals surface area contributed by atoms with Crippen LogP contribution in [0.25, 0.3) is 0 Å². The summed E-state index contributed by atoms with van der Waals surface area (Å²) in [6.45, 7) is 1.86. The van der Waals surface area contributed by atoms with Crippen LogP contribution < -0.4 is 10.5 Å². The van der Waals surface area contributed by atoms with E-state index in [0.29, 0.717) is 11.4 Å². The largest absolute Gasteiger partial charge is 0.452 e. The average molecular weight is 218 g/mol. The van der Waals surface area contributed by atoms with Gasteiger partial charge < -0.3 is 10.5 Å². The number of aromatic nitrogens is 1. The van der Waals surface area contributed by atoms with Gasteiger partial charge in [0.05, 0.1) is 11.9 Å². The number of pyridine rings is 1. The van der Waals surface area contributed by atoms with Gasteiger partial charge in [0.15, 0.2) is 17.3 Å². The van der Waals surface area contributed by atoms with E-state index in [0.717, 1.165) is 5.56 Å². The topological polar surface area (TPSA) is 48.1 Å². The lowest BCUT2D eigenvalue weighted by Crippen LogP contribution is -1.94. The molecule has 0 fully saturated rings. The van der Waals surface area contributed by atoms with E-state index in [1.54, 1.807) is 24.4 Å². The highest BCUT2D eigenvalue weighted by Crippen LogP contribution is 2.28. The number of nitrogen functional groups attached to an aromatic ring is 1. The third-order valence-corrected chi connectivity index (χ3v) is 2.12. The van der Waals surface area contributed by atoms with E-state index in [1.807, 2.05) is 6.92 Å². The predicted molar refractivity (Wildman–Crippen MR) is 59.9 cm³/mol. The van der Waals surface area contributed by atoms with Crippen molar-refractivity contribution < 1.29 is 9.13 Å². The second kappa shape index (κ2) is 4.18. The molecule has 82 valence electrons. The maximum atomic E-state index is 13.4. The highest BCUT2D eigenvalue weighted by atomic mass is 19.1. The van der Waals surface area contributed by atoms with Crippen LogP contribution >= 0.6 is 0 Å². The maximum Gasteiger partial charge on any atom is 0.165 e. The van der Waals surface area contributed by atoms with Crippen LogP contribution in [0.4, 0.5) is 10.1 Å². The fraction of sp³-hybridized carbons (Fsp3) is 0.0833. The summed E-state index contributed by atoms with van der Waals surface area (Å²) >= 11 is 0. The summed E-state index contributed by atoms with van der Waals surface area (Å²) in [5, 5.41) is 0. The Labute approximate surface area is 92.7 Å². The first-order valence-electron chi connectivity index (χ1n) is 4.80. The van der Waals surface area contributed by atoms with Gasteiger partial charge in [-0.1, -0.05) is 6.07 Å². The number of hydrogen-bond donors (Lipinski definition) is 1. The van der Waals surface area contributed by atoms with Gasteiger partial charge in [0.25, 0.3) is 0 Å². The molecule has 1 aromatic carbocycles. The second-order valence-electron chi connectivity index (χ2n) is 3.45. The monoisotopic (exact) mass is 218 g/mol. The molecule has 0 aliphatic rings. The van der Waals surface area contributed by atoms with Gasteiger partial charge in [-0.25, -0.2) is 4.39 Å². The Morgan fingerprint density at radius 2 is 2.06 bits per heavy atom. The summed E-state index contributed by atoms with van der Waals surface area (Å²) in [6, 6.07) is 6.26. The molecule has 0 aliphatic carbocycles. The molecule has 0 bridgehead atoms. The Hall–Kier alpha value is -2.10. The quantitative estimate of drug-likeness (QED) is 0.843. The van der Waals surface area contributed by atoms with Gasteiger partial charge in [-0.15, -0.1) is 0 Å². The molecule has 1 heterocycles. The summed E-state index contributed by atoms with van der Waals surface area (Å²) in [5.41, 5.74) is 6.95. The Morgan fingerprint density at radius 1 is 1.25 bits per heavy atom. The molecule has 0 atom stereocenters. The van der Waals surface area contributed by atoms with Crippen molar-refractivity contribution in [2.75, 3.05) is 5.73 Å². The molecule has 3 nitrogen and oxygen atoms in total. The summed E-state index contributed by atoms with van der Waals surface area (Å²) in [6.07, 6.45) is 3.00. The standard InChI is InChI=1S/C12H11FN2O/c1-8-2-3-9(13)12(6-8)16-11-4-5-15-7-10(11)14/h2-7H,14H2,1H3. The normalized spacial score (nSPS) is 10.1. The van der Waals surface area contributed by atoms with Crippen LogP contribution in [0.2, 0.25) is 0 Å². The van der Waals surface area contributed by atoms with Crippen molar-refractivity contribution in [1.29, 1.82) is 0 Å². The fourth-order valence-electron chi connectivity index (χ4n) is 1.29. The maximum absolute atomic E-state index is 13.4. The molecule has 2 N–H and O–H groups in total. The van der Waals surface area contributed by atoms with E-state index in [4.69, 9.17) is 10.5 Å². The Bertz CT molecular complexity index is 514. The van der Waals surface area contributed by atoms with Crippen LogP contribution in [0.3, 0.4) is 0 Å². The number of halogens is 1. The first-order chi connectivity index (χ1) is 7.66. The summed E-state index contributed by atoms with van der Waals surface area (Å²) < 4.78 is 18.8. The SMILES string of the molecule is Cc1ccc(F)c(Oc2ccncc2N)c1. The highest BCUT2D eigenvalue weighted by Gasteiger charge is 2.06. The van der Waals surface area contributed by atoms with Gasteiger partial charge in [0.1, 0.15) is 0 Å². The molecule has 1 aromatic heterocycles. The summed E-state index contributed by atoms with van der Waals surface area (Å²) in [4.78, 5) is 3.83. The smallest absolute Gasteiger partial charge is 0.165 e. The average Bonchev–Trinajstić information content (AvgIpc) is 2.27. The minimum absolute atomic E-state index is 0.165. The summed E-state index contributed by atoms with van der Waals surface area (Å²) in [7, 11) is 0. The Morgan fingerprint density at radius 3 is 2.81 bits per heavy atom.